The van der Waals surface area contributed by atoms with Crippen LogP contribution in [-0.2, 0) is 11.2 Å². The number of nitrogens with one attached hydrogen (secondary N) is 2. The first-order chi connectivity index (χ1) is 12.0. The summed E-state index contributed by atoms with van der Waals surface area (Å²) in [5.41, 5.74) is 1.03. The molecule has 0 unspecified atom stereocenters. The van der Waals surface area contributed by atoms with Crippen molar-refractivity contribution in [1.29, 1.82) is 0 Å². The molecule has 0 aliphatic heterocycles. The molecule has 1 atom stereocenters. The number of fused-ring (bicyclic) bond motifs is 1. The first-order valence-electron chi connectivity index (χ1n) is 8.88. The van der Waals surface area contributed by atoms with Crippen molar-refractivity contribution in [1.82, 2.24) is 15.3 Å². The molecule has 2 N–H and O–H groups in total. The number of carbonyl (C=O) groups is 1. The lowest BCUT2D eigenvalue weighted by molar-refractivity contribution is -0.118. The van der Waals surface area contributed by atoms with E-state index >= 15 is 0 Å². The van der Waals surface area contributed by atoms with Crippen LogP contribution in [0.3, 0.4) is 0 Å². The maximum Gasteiger partial charge on any atom is 0.260 e. The lowest BCUT2D eigenvalue weighted by Gasteiger charge is -2.08. The molecule has 25 heavy (non-hydrogen) atoms. The molecule has 0 aromatic carbocycles. The van der Waals surface area contributed by atoms with Crippen LogP contribution in [0.1, 0.15) is 50.5 Å². The number of H-pyrrole nitrogens is 1. The van der Waals surface area contributed by atoms with Gasteiger partial charge in [0.05, 0.1) is 11.1 Å². The van der Waals surface area contributed by atoms with Gasteiger partial charge in [0.15, 0.2) is 5.16 Å². The minimum Gasteiger partial charge on any atom is -0.355 e. The number of carbonyl (C=O) groups excluding carboxylic acids is 1. The van der Waals surface area contributed by atoms with E-state index in [0.717, 1.165) is 46.3 Å². The Bertz CT molecular complexity index is 782. The summed E-state index contributed by atoms with van der Waals surface area (Å²) >= 11 is 2.84. The Labute approximate surface area is 157 Å². The van der Waals surface area contributed by atoms with E-state index in [1.807, 2.05) is 0 Å². The highest BCUT2D eigenvalue weighted by Crippen LogP contribution is 2.30. The molecule has 0 aliphatic rings. The van der Waals surface area contributed by atoms with Crippen molar-refractivity contribution < 1.29 is 4.79 Å². The number of amides is 1. The van der Waals surface area contributed by atoms with E-state index in [9.17, 15) is 9.59 Å². The SMILES string of the molecule is CCCCNC(=O)CSc1nc2sc(C)c(C[C@H](C)CC)c2c(=O)[nH]1. The molecule has 1 amide bonds. The maximum absolute atomic E-state index is 12.6. The average Bonchev–Trinajstić information content (AvgIpc) is 2.89. The molecule has 7 heteroatoms. The van der Waals surface area contributed by atoms with Crippen LogP contribution < -0.4 is 10.9 Å². The van der Waals surface area contributed by atoms with Gasteiger partial charge in [0.2, 0.25) is 5.91 Å². The Morgan fingerprint density at radius 3 is 2.84 bits per heavy atom. The van der Waals surface area contributed by atoms with Crippen molar-refractivity contribution in [3.8, 4) is 0 Å². The van der Waals surface area contributed by atoms with Gasteiger partial charge in [-0.2, -0.15) is 0 Å². The summed E-state index contributed by atoms with van der Waals surface area (Å²) in [5.74, 6) is 0.778. The van der Waals surface area contributed by atoms with Crippen LogP contribution in [0.4, 0.5) is 0 Å². The summed E-state index contributed by atoms with van der Waals surface area (Å²) in [6.45, 7) is 9.20. The summed E-state index contributed by atoms with van der Waals surface area (Å²) in [6.07, 6.45) is 4.02. The number of hydrogen-bond donors (Lipinski definition) is 2. The number of nitrogens with zero attached hydrogens (tertiary/aromatic N) is 1. The summed E-state index contributed by atoms with van der Waals surface area (Å²) in [7, 11) is 0. The smallest absolute Gasteiger partial charge is 0.260 e. The van der Waals surface area contributed by atoms with E-state index in [2.05, 4.69) is 43.0 Å². The maximum atomic E-state index is 12.6. The molecule has 138 valence electrons. The summed E-state index contributed by atoms with van der Waals surface area (Å²) < 4.78 is 0. The summed E-state index contributed by atoms with van der Waals surface area (Å²) in [4.78, 5) is 33.7. The molecular formula is C18H27N3O2S2. The highest BCUT2D eigenvalue weighted by molar-refractivity contribution is 7.99. The van der Waals surface area contributed by atoms with E-state index in [0.29, 0.717) is 17.6 Å². The zero-order valence-corrected chi connectivity index (χ0v) is 17.0. The second-order valence-corrected chi connectivity index (χ2v) is 8.57. The van der Waals surface area contributed by atoms with Crippen molar-refractivity contribution in [2.24, 2.45) is 5.92 Å². The number of unbranched alkanes of at least 4 members (excludes halogenated alkanes) is 1. The van der Waals surface area contributed by atoms with Gasteiger partial charge in [0, 0.05) is 11.4 Å². The number of aromatic amines is 1. The monoisotopic (exact) mass is 381 g/mol. The van der Waals surface area contributed by atoms with Gasteiger partial charge in [-0.1, -0.05) is 45.4 Å². The molecule has 0 bridgehead atoms. The van der Waals surface area contributed by atoms with Crippen LogP contribution in [-0.4, -0.2) is 28.2 Å². The molecule has 0 radical (unpaired) electrons. The molecule has 0 fully saturated rings. The molecule has 0 saturated heterocycles. The Morgan fingerprint density at radius 1 is 1.40 bits per heavy atom. The lowest BCUT2D eigenvalue weighted by atomic mass is 9.98. The zero-order chi connectivity index (χ0) is 18.4. The fourth-order valence-electron chi connectivity index (χ4n) is 2.55. The van der Waals surface area contributed by atoms with Gasteiger partial charge in [0.1, 0.15) is 4.83 Å². The highest BCUT2D eigenvalue weighted by atomic mass is 32.2. The van der Waals surface area contributed by atoms with Gasteiger partial charge in [-0.05, 0) is 31.2 Å². The third-order valence-electron chi connectivity index (χ3n) is 4.28. The highest BCUT2D eigenvalue weighted by Gasteiger charge is 2.17. The number of hydrogen-bond acceptors (Lipinski definition) is 5. The normalized spacial score (nSPS) is 12.5. The van der Waals surface area contributed by atoms with Crippen molar-refractivity contribution >= 4 is 39.2 Å². The van der Waals surface area contributed by atoms with Crippen molar-refractivity contribution in [3.05, 3.63) is 20.8 Å². The molecule has 5 nitrogen and oxygen atoms in total. The Kier molecular flexibility index (Phi) is 7.50. The van der Waals surface area contributed by atoms with E-state index in [1.165, 1.54) is 11.8 Å². The topological polar surface area (TPSA) is 74.8 Å². The van der Waals surface area contributed by atoms with E-state index in [4.69, 9.17) is 0 Å². The first-order valence-corrected chi connectivity index (χ1v) is 10.7. The van der Waals surface area contributed by atoms with Gasteiger partial charge in [-0.15, -0.1) is 11.3 Å². The Morgan fingerprint density at radius 2 is 2.16 bits per heavy atom. The predicted octanol–water partition coefficient (Wildman–Crippen LogP) is 3.89. The van der Waals surface area contributed by atoms with Gasteiger partial charge in [-0.3, -0.25) is 9.59 Å². The van der Waals surface area contributed by atoms with E-state index in [-0.39, 0.29) is 17.2 Å². The Balaban J connectivity index is 2.14. The largest absolute Gasteiger partial charge is 0.355 e. The number of thiophene rings is 1. The molecule has 0 saturated carbocycles. The van der Waals surface area contributed by atoms with Gasteiger partial charge in [-0.25, -0.2) is 4.98 Å². The van der Waals surface area contributed by atoms with Crippen LogP contribution >= 0.6 is 23.1 Å². The second kappa shape index (κ2) is 9.38. The summed E-state index contributed by atoms with van der Waals surface area (Å²) in [5, 5.41) is 4.11. The standard InChI is InChI=1S/C18H27N3O2S2/c1-5-7-8-19-14(22)10-24-18-20-16(23)15-13(9-11(3)6-2)12(4)25-17(15)21-18/h11H,5-10H2,1-4H3,(H,19,22)(H,20,21,23)/t11-/m1/s1. The number of thioether (sulfide) groups is 1. The predicted molar refractivity (Wildman–Crippen MR) is 107 cm³/mol. The number of rotatable bonds is 9. The van der Waals surface area contributed by atoms with Crippen molar-refractivity contribution in [2.45, 2.75) is 58.5 Å². The minimum absolute atomic E-state index is 0.0268. The van der Waals surface area contributed by atoms with Crippen LogP contribution in [0.25, 0.3) is 10.2 Å². The summed E-state index contributed by atoms with van der Waals surface area (Å²) in [6, 6.07) is 0. The van der Waals surface area contributed by atoms with Crippen LogP contribution in [0.15, 0.2) is 9.95 Å². The molecule has 2 rings (SSSR count). The van der Waals surface area contributed by atoms with Gasteiger partial charge in [0.25, 0.3) is 5.56 Å². The van der Waals surface area contributed by atoms with Gasteiger partial charge >= 0.3 is 0 Å². The van der Waals surface area contributed by atoms with E-state index < -0.39 is 0 Å². The molecule has 2 aromatic heterocycles. The molecule has 2 aromatic rings. The fourth-order valence-corrected chi connectivity index (χ4v) is 4.35. The number of aromatic nitrogens is 2. The minimum atomic E-state index is -0.0958. The molecule has 0 spiro atoms. The quantitative estimate of drug-likeness (QED) is 0.392. The zero-order valence-electron chi connectivity index (χ0n) is 15.4. The van der Waals surface area contributed by atoms with Crippen LogP contribution in [0.5, 0.6) is 0 Å². The van der Waals surface area contributed by atoms with Crippen molar-refractivity contribution in [2.75, 3.05) is 12.3 Å². The second-order valence-electron chi connectivity index (χ2n) is 6.40. The lowest BCUT2D eigenvalue weighted by Crippen LogP contribution is -2.26. The third-order valence-corrected chi connectivity index (χ3v) is 6.20. The number of aryl methyl sites for hydroxylation is 1. The van der Waals surface area contributed by atoms with Gasteiger partial charge < -0.3 is 10.3 Å². The van der Waals surface area contributed by atoms with Crippen LogP contribution in [0, 0.1) is 12.8 Å². The fraction of sp³-hybridized carbons (Fsp3) is 0.611. The molecule has 2 heterocycles. The average molecular weight is 382 g/mol. The van der Waals surface area contributed by atoms with E-state index in [1.54, 1.807) is 11.3 Å². The third kappa shape index (κ3) is 5.31. The molecule has 0 aliphatic carbocycles. The Hall–Kier alpha value is -1.34. The first kappa shape index (κ1) is 20.0. The molecular weight excluding hydrogens is 354 g/mol. The van der Waals surface area contributed by atoms with Crippen molar-refractivity contribution in [3.63, 3.8) is 0 Å². The van der Waals surface area contributed by atoms with Crippen LogP contribution in [0.2, 0.25) is 0 Å².